The molecule has 0 spiro atoms. The summed E-state index contributed by atoms with van der Waals surface area (Å²) >= 11 is 0. The summed E-state index contributed by atoms with van der Waals surface area (Å²) in [6.07, 6.45) is -0.509. The zero-order valence-corrected chi connectivity index (χ0v) is 14.3. The van der Waals surface area contributed by atoms with Crippen LogP contribution in [-0.2, 0) is 0 Å². The maximum Gasteiger partial charge on any atom is 0.419 e. The predicted molar refractivity (Wildman–Crippen MR) is 91.4 cm³/mol. The fourth-order valence-corrected chi connectivity index (χ4v) is 2.63. The Balaban J connectivity index is 1.87. The van der Waals surface area contributed by atoms with E-state index in [-0.39, 0.29) is 0 Å². The molecule has 3 rings (SSSR count). The number of hydrogen-bond donors (Lipinski definition) is 0. The third kappa shape index (κ3) is 3.26. The van der Waals surface area contributed by atoms with Crippen LogP contribution in [0.25, 0.3) is 0 Å². The molecule has 0 radical (unpaired) electrons. The van der Waals surface area contributed by atoms with E-state index in [1.807, 2.05) is 24.3 Å². The summed E-state index contributed by atoms with van der Waals surface area (Å²) in [4.78, 5) is 14.1. The summed E-state index contributed by atoms with van der Waals surface area (Å²) in [6, 6.07) is 10.5. The van der Waals surface area contributed by atoms with Crippen LogP contribution in [0.5, 0.6) is 28.7 Å². The summed E-state index contributed by atoms with van der Waals surface area (Å²) in [6.45, 7) is 0.807. The molecule has 1 aliphatic heterocycles. The molecule has 25 heavy (non-hydrogen) atoms. The molecule has 2 aromatic carbocycles. The molecule has 0 saturated carbocycles. The van der Waals surface area contributed by atoms with Gasteiger partial charge in [-0.2, -0.15) is 0 Å². The zero-order chi connectivity index (χ0) is 17.8. The number of rotatable bonds is 4. The van der Waals surface area contributed by atoms with Crippen LogP contribution in [0.4, 0.5) is 10.5 Å². The molecule has 1 heterocycles. The van der Waals surface area contributed by atoms with E-state index in [1.165, 1.54) is 26.2 Å². The molecule has 2 aromatic rings. The molecule has 0 fully saturated rings. The van der Waals surface area contributed by atoms with Crippen LogP contribution in [0, 0.1) is 0 Å². The molecular formula is C18H19NO6. The Labute approximate surface area is 145 Å². The van der Waals surface area contributed by atoms with Crippen molar-refractivity contribution in [1.29, 1.82) is 0 Å². The van der Waals surface area contributed by atoms with Crippen LogP contribution in [-0.4, -0.2) is 40.6 Å². The van der Waals surface area contributed by atoms with Gasteiger partial charge in [0.25, 0.3) is 0 Å². The minimum atomic E-state index is -0.509. The van der Waals surface area contributed by atoms with Gasteiger partial charge in [-0.25, -0.2) is 4.79 Å². The first-order valence-electron chi connectivity index (χ1n) is 7.69. The zero-order valence-electron chi connectivity index (χ0n) is 14.3. The molecule has 0 unspecified atom stereocenters. The molecule has 0 aromatic heterocycles. The average molecular weight is 345 g/mol. The minimum absolute atomic E-state index is 0.295. The van der Waals surface area contributed by atoms with Gasteiger partial charge < -0.3 is 23.7 Å². The standard InChI is InChI=1S/C18H19NO6/c1-21-15-10-12(11-16(22-2)17(15)23-3)25-18(20)19-8-9-24-14-7-5-4-6-13(14)19/h4-7,10-11H,8-9H2,1-3H3. The van der Waals surface area contributed by atoms with E-state index < -0.39 is 6.09 Å². The summed E-state index contributed by atoms with van der Waals surface area (Å²) in [5.41, 5.74) is 0.672. The Bertz CT molecular complexity index is 751. The molecule has 0 saturated heterocycles. The van der Waals surface area contributed by atoms with Gasteiger partial charge in [0.2, 0.25) is 5.75 Å². The quantitative estimate of drug-likeness (QED) is 0.848. The molecule has 0 aliphatic carbocycles. The van der Waals surface area contributed by atoms with Crippen LogP contribution in [0.2, 0.25) is 0 Å². The lowest BCUT2D eigenvalue weighted by molar-refractivity contribution is 0.202. The molecule has 0 bridgehead atoms. The number of nitrogens with zero attached hydrogens (tertiary/aromatic N) is 1. The van der Waals surface area contributed by atoms with E-state index in [0.29, 0.717) is 47.6 Å². The molecule has 132 valence electrons. The Morgan fingerprint density at radius 2 is 1.72 bits per heavy atom. The highest BCUT2D eigenvalue weighted by Crippen LogP contribution is 2.41. The van der Waals surface area contributed by atoms with Gasteiger partial charge in [0.1, 0.15) is 18.1 Å². The van der Waals surface area contributed by atoms with Gasteiger partial charge in [0.05, 0.1) is 33.6 Å². The van der Waals surface area contributed by atoms with Crippen LogP contribution in [0.1, 0.15) is 0 Å². The van der Waals surface area contributed by atoms with Crippen molar-refractivity contribution < 1.29 is 28.5 Å². The Kier molecular flexibility index (Phi) is 4.83. The smallest absolute Gasteiger partial charge is 0.419 e. The normalized spacial score (nSPS) is 12.7. The van der Waals surface area contributed by atoms with Crippen LogP contribution in [0.15, 0.2) is 36.4 Å². The van der Waals surface area contributed by atoms with Gasteiger partial charge in [-0.05, 0) is 12.1 Å². The van der Waals surface area contributed by atoms with Crippen LogP contribution >= 0.6 is 0 Å². The van der Waals surface area contributed by atoms with Gasteiger partial charge in [0, 0.05) is 12.1 Å². The Morgan fingerprint density at radius 3 is 2.36 bits per heavy atom. The highest BCUT2D eigenvalue weighted by Gasteiger charge is 2.26. The molecule has 7 heteroatoms. The number of methoxy groups -OCH3 is 3. The fourth-order valence-electron chi connectivity index (χ4n) is 2.63. The molecular weight excluding hydrogens is 326 g/mol. The van der Waals surface area contributed by atoms with E-state index in [1.54, 1.807) is 12.1 Å². The number of anilines is 1. The third-order valence-electron chi connectivity index (χ3n) is 3.79. The lowest BCUT2D eigenvalue weighted by Crippen LogP contribution is -2.39. The van der Waals surface area contributed by atoms with Crippen molar-refractivity contribution in [2.75, 3.05) is 39.4 Å². The van der Waals surface area contributed by atoms with Crippen molar-refractivity contribution in [1.82, 2.24) is 0 Å². The van der Waals surface area contributed by atoms with Crippen molar-refractivity contribution >= 4 is 11.8 Å². The van der Waals surface area contributed by atoms with Crippen LogP contribution < -0.4 is 28.6 Å². The van der Waals surface area contributed by atoms with Crippen molar-refractivity contribution in [3.63, 3.8) is 0 Å². The SMILES string of the molecule is COc1cc(OC(=O)N2CCOc3ccccc32)cc(OC)c1OC. The monoisotopic (exact) mass is 345 g/mol. The van der Waals surface area contributed by atoms with Gasteiger partial charge in [-0.3, -0.25) is 4.90 Å². The van der Waals surface area contributed by atoms with Gasteiger partial charge in [-0.15, -0.1) is 0 Å². The second kappa shape index (κ2) is 7.21. The first-order valence-corrected chi connectivity index (χ1v) is 7.69. The summed E-state index contributed by atoms with van der Waals surface area (Å²) in [5, 5.41) is 0. The molecule has 0 atom stereocenters. The van der Waals surface area contributed by atoms with Gasteiger partial charge >= 0.3 is 6.09 Å². The van der Waals surface area contributed by atoms with E-state index >= 15 is 0 Å². The van der Waals surface area contributed by atoms with Gasteiger partial charge in [-0.1, -0.05) is 12.1 Å². The summed E-state index contributed by atoms with van der Waals surface area (Å²) < 4.78 is 26.9. The first kappa shape index (κ1) is 16.8. The molecule has 1 aliphatic rings. The number of carbonyl (C=O) groups is 1. The number of para-hydroxylation sites is 2. The van der Waals surface area contributed by atoms with Crippen LogP contribution in [0.3, 0.4) is 0 Å². The highest BCUT2D eigenvalue weighted by atomic mass is 16.6. The first-order chi connectivity index (χ1) is 12.2. The molecule has 7 nitrogen and oxygen atoms in total. The maximum absolute atomic E-state index is 12.6. The number of ether oxygens (including phenoxy) is 5. The second-order valence-electron chi connectivity index (χ2n) is 5.20. The molecule has 0 N–H and O–H groups in total. The van der Waals surface area contributed by atoms with Crippen molar-refractivity contribution in [2.45, 2.75) is 0 Å². The summed E-state index contributed by atoms with van der Waals surface area (Å²) in [5.74, 6) is 2.19. The van der Waals surface area contributed by atoms with E-state index in [4.69, 9.17) is 23.7 Å². The Morgan fingerprint density at radius 1 is 1.04 bits per heavy atom. The van der Waals surface area contributed by atoms with E-state index in [0.717, 1.165) is 0 Å². The number of hydrogen-bond acceptors (Lipinski definition) is 6. The lowest BCUT2D eigenvalue weighted by atomic mass is 10.2. The largest absolute Gasteiger partial charge is 0.493 e. The number of fused-ring (bicyclic) bond motifs is 1. The number of amides is 1. The number of carbonyl (C=O) groups excluding carboxylic acids is 1. The van der Waals surface area contributed by atoms with Crippen molar-refractivity contribution in [3.8, 4) is 28.7 Å². The predicted octanol–water partition coefficient (Wildman–Crippen LogP) is 3.11. The van der Waals surface area contributed by atoms with Crippen molar-refractivity contribution in [3.05, 3.63) is 36.4 Å². The molecule has 1 amide bonds. The van der Waals surface area contributed by atoms with Crippen molar-refractivity contribution in [2.24, 2.45) is 0 Å². The topological polar surface area (TPSA) is 66.5 Å². The van der Waals surface area contributed by atoms with Gasteiger partial charge in [0.15, 0.2) is 11.5 Å². The lowest BCUT2D eigenvalue weighted by Gasteiger charge is -2.28. The average Bonchev–Trinajstić information content (AvgIpc) is 2.66. The highest BCUT2D eigenvalue weighted by molar-refractivity contribution is 5.91. The van der Waals surface area contributed by atoms with E-state index in [9.17, 15) is 4.79 Å². The maximum atomic E-state index is 12.6. The fraction of sp³-hybridized carbons (Fsp3) is 0.278. The number of benzene rings is 2. The van der Waals surface area contributed by atoms with E-state index in [2.05, 4.69) is 0 Å². The second-order valence-corrected chi connectivity index (χ2v) is 5.20. The minimum Gasteiger partial charge on any atom is -0.493 e. The third-order valence-corrected chi connectivity index (χ3v) is 3.79. The summed E-state index contributed by atoms with van der Waals surface area (Å²) in [7, 11) is 4.51. The Hall–Kier alpha value is -3.09.